The predicted molar refractivity (Wildman–Crippen MR) is 101 cm³/mol. The zero-order chi connectivity index (χ0) is 17.8. The Kier molecular flexibility index (Phi) is 5.56. The van der Waals surface area contributed by atoms with Crippen molar-refractivity contribution in [1.29, 1.82) is 0 Å². The van der Waals surface area contributed by atoms with Crippen molar-refractivity contribution in [3.8, 4) is 10.6 Å². The molecule has 3 nitrogen and oxygen atoms in total. The van der Waals surface area contributed by atoms with Gasteiger partial charge in [0.1, 0.15) is 10.8 Å². The van der Waals surface area contributed by atoms with E-state index in [9.17, 15) is 4.39 Å². The van der Waals surface area contributed by atoms with Crippen molar-refractivity contribution in [2.75, 3.05) is 0 Å². The quantitative estimate of drug-likeness (QED) is 0.638. The summed E-state index contributed by atoms with van der Waals surface area (Å²) in [5, 5.41) is 4.40. The van der Waals surface area contributed by atoms with Crippen molar-refractivity contribution in [2.45, 2.75) is 39.3 Å². The zero-order valence-electron chi connectivity index (χ0n) is 14.7. The van der Waals surface area contributed by atoms with Gasteiger partial charge in [-0.1, -0.05) is 19.1 Å². The van der Waals surface area contributed by atoms with Crippen LogP contribution < -0.4 is 5.32 Å². The van der Waals surface area contributed by atoms with E-state index in [2.05, 4.69) is 29.1 Å². The first kappa shape index (κ1) is 17.7. The van der Waals surface area contributed by atoms with Gasteiger partial charge in [-0.05, 0) is 50.1 Å². The molecule has 1 N–H and O–H groups in total. The Morgan fingerprint density at radius 2 is 1.88 bits per heavy atom. The van der Waals surface area contributed by atoms with E-state index in [1.54, 1.807) is 23.5 Å². The van der Waals surface area contributed by atoms with Crippen LogP contribution in [0.2, 0.25) is 0 Å². The lowest BCUT2D eigenvalue weighted by Gasteiger charge is -2.22. The molecule has 0 aliphatic heterocycles. The molecule has 0 fully saturated rings. The maximum absolute atomic E-state index is 14.0. The molecule has 1 aromatic carbocycles. The third kappa shape index (κ3) is 3.94. The zero-order valence-corrected chi connectivity index (χ0v) is 15.5. The number of nitrogens with one attached hydrogen (secondary N) is 1. The van der Waals surface area contributed by atoms with Crippen LogP contribution in [0.3, 0.4) is 0 Å². The average molecular weight is 355 g/mol. The second-order valence-corrected chi connectivity index (χ2v) is 7.11. The maximum atomic E-state index is 14.0. The molecule has 0 bridgehead atoms. The first-order valence-corrected chi connectivity index (χ1v) is 9.30. The van der Waals surface area contributed by atoms with Crippen LogP contribution in [0.15, 0.2) is 48.8 Å². The number of aryl methyl sites for hydroxylation is 1. The number of hydrogen-bond donors (Lipinski definition) is 1. The number of pyridine rings is 1. The molecule has 0 aliphatic carbocycles. The third-order valence-electron chi connectivity index (χ3n) is 4.30. The van der Waals surface area contributed by atoms with Crippen molar-refractivity contribution in [3.05, 3.63) is 70.7 Å². The Labute approximate surface area is 152 Å². The molecule has 3 aromatic rings. The van der Waals surface area contributed by atoms with E-state index in [-0.39, 0.29) is 17.9 Å². The number of benzene rings is 1. The van der Waals surface area contributed by atoms with Crippen LogP contribution in [0.4, 0.5) is 4.39 Å². The summed E-state index contributed by atoms with van der Waals surface area (Å²) >= 11 is 1.56. The molecule has 2 aromatic heterocycles. The molecule has 25 heavy (non-hydrogen) atoms. The molecule has 130 valence electrons. The highest BCUT2D eigenvalue weighted by molar-refractivity contribution is 7.15. The van der Waals surface area contributed by atoms with Crippen molar-refractivity contribution in [2.24, 2.45) is 0 Å². The predicted octanol–water partition coefficient (Wildman–Crippen LogP) is 5.45. The van der Waals surface area contributed by atoms with Gasteiger partial charge in [0.15, 0.2) is 0 Å². The second-order valence-electron chi connectivity index (χ2n) is 6.08. The lowest BCUT2D eigenvalue weighted by atomic mass is 10.0. The topological polar surface area (TPSA) is 37.8 Å². The Morgan fingerprint density at radius 3 is 2.56 bits per heavy atom. The molecule has 0 spiro atoms. The second kappa shape index (κ2) is 7.85. The van der Waals surface area contributed by atoms with Gasteiger partial charge in [-0.3, -0.25) is 4.98 Å². The van der Waals surface area contributed by atoms with Crippen LogP contribution in [0.5, 0.6) is 0 Å². The van der Waals surface area contributed by atoms with Crippen molar-refractivity contribution >= 4 is 11.3 Å². The number of hydrogen-bond acceptors (Lipinski definition) is 4. The third-order valence-corrected chi connectivity index (χ3v) is 5.67. The molecular formula is C20H22FN3S. The summed E-state index contributed by atoms with van der Waals surface area (Å²) in [6.07, 6.45) is 4.61. The molecule has 0 saturated carbocycles. The Bertz CT molecular complexity index is 832. The van der Waals surface area contributed by atoms with Crippen molar-refractivity contribution in [3.63, 3.8) is 0 Å². The van der Waals surface area contributed by atoms with Gasteiger partial charge >= 0.3 is 0 Å². The molecular weight excluding hydrogens is 333 g/mol. The first-order chi connectivity index (χ1) is 12.1. The summed E-state index contributed by atoms with van der Waals surface area (Å²) in [7, 11) is 0. The van der Waals surface area contributed by atoms with E-state index in [4.69, 9.17) is 0 Å². The summed E-state index contributed by atoms with van der Waals surface area (Å²) in [4.78, 5) is 9.83. The lowest BCUT2D eigenvalue weighted by Crippen LogP contribution is -2.24. The fourth-order valence-electron chi connectivity index (χ4n) is 2.98. The molecule has 0 saturated heterocycles. The minimum absolute atomic E-state index is 0.135. The molecule has 0 aliphatic rings. The minimum atomic E-state index is -0.230. The first-order valence-electron chi connectivity index (χ1n) is 8.48. The minimum Gasteiger partial charge on any atom is -0.303 e. The van der Waals surface area contributed by atoms with E-state index in [0.29, 0.717) is 5.56 Å². The summed E-state index contributed by atoms with van der Waals surface area (Å²) in [6.45, 7) is 6.28. The summed E-state index contributed by atoms with van der Waals surface area (Å²) < 4.78 is 14.0. The fraction of sp³-hybridized carbons (Fsp3) is 0.300. The van der Waals surface area contributed by atoms with Crippen LogP contribution in [0, 0.1) is 12.7 Å². The number of aromatic nitrogens is 2. The number of thiazole rings is 1. The molecule has 5 heteroatoms. The van der Waals surface area contributed by atoms with Gasteiger partial charge in [-0.2, -0.15) is 0 Å². The summed E-state index contributed by atoms with van der Waals surface area (Å²) in [6, 6.07) is 11.3. The van der Waals surface area contributed by atoms with Gasteiger partial charge in [0, 0.05) is 34.9 Å². The number of rotatable bonds is 6. The molecule has 0 amide bonds. The van der Waals surface area contributed by atoms with Crippen LogP contribution in [0.25, 0.3) is 10.6 Å². The van der Waals surface area contributed by atoms with Gasteiger partial charge in [-0.25, -0.2) is 9.37 Å². The number of halogens is 1. The number of nitrogens with zero attached hydrogens (tertiary/aromatic N) is 2. The average Bonchev–Trinajstić information content (AvgIpc) is 3.02. The molecule has 0 radical (unpaired) electrons. The van der Waals surface area contributed by atoms with Crippen LogP contribution in [0.1, 0.15) is 48.5 Å². The Morgan fingerprint density at radius 1 is 1.16 bits per heavy atom. The van der Waals surface area contributed by atoms with E-state index < -0.39 is 0 Å². The molecule has 2 heterocycles. The van der Waals surface area contributed by atoms with Gasteiger partial charge in [0.25, 0.3) is 0 Å². The van der Waals surface area contributed by atoms with E-state index in [0.717, 1.165) is 22.0 Å². The summed E-state index contributed by atoms with van der Waals surface area (Å²) in [5.74, 6) is -0.230. The SMILES string of the molecule is CC[C@@H](N[C@H](C)c1sc(-c2ccccc2F)nc1C)c1ccncc1. The van der Waals surface area contributed by atoms with E-state index in [1.165, 1.54) is 11.6 Å². The largest absolute Gasteiger partial charge is 0.303 e. The van der Waals surface area contributed by atoms with Crippen LogP contribution >= 0.6 is 11.3 Å². The summed E-state index contributed by atoms with van der Waals surface area (Å²) in [5.41, 5.74) is 2.74. The Balaban J connectivity index is 1.83. The van der Waals surface area contributed by atoms with Gasteiger partial charge < -0.3 is 5.32 Å². The molecule has 0 unspecified atom stereocenters. The monoisotopic (exact) mass is 355 g/mol. The van der Waals surface area contributed by atoms with Gasteiger partial charge in [-0.15, -0.1) is 11.3 Å². The highest BCUT2D eigenvalue weighted by Crippen LogP contribution is 2.34. The molecule has 3 rings (SSSR count). The smallest absolute Gasteiger partial charge is 0.133 e. The normalized spacial score (nSPS) is 13.6. The van der Waals surface area contributed by atoms with E-state index >= 15 is 0 Å². The maximum Gasteiger partial charge on any atom is 0.133 e. The van der Waals surface area contributed by atoms with Crippen molar-refractivity contribution < 1.29 is 4.39 Å². The highest BCUT2D eigenvalue weighted by atomic mass is 32.1. The van der Waals surface area contributed by atoms with Crippen molar-refractivity contribution in [1.82, 2.24) is 15.3 Å². The van der Waals surface area contributed by atoms with Gasteiger partial charge in [0.2, 0.25) is 0 Å². The fourth-order valence-corrected chi connectivity index (χ4v) is 4.09. The van der Waals surface area contributed by atoms with Crippen LogP contribution in [-0.4, -0.2) is 9.97 Å². The molecule has 2 atom stereocenters. The highest BCUT2D eigenvalue weighted by Gasteiger charge is 2.20. The van der Waals surface area contributed by atoms with Crippen LogP contribution in [-0.2, 0) is 0 Å². The van der Waals surface area contributed by atoms with E-state index in [1.807, 2.05) is 37.5 Å². The Hall–Kier alpha value is -2.11. The van der Waals surface area contributed by atoms with Gasteiger partial charge in [0.05, 0.1) is 5.69 Å². The standard InChI is InChI=1S/C20H22FN3S/c1-4-18(15-9-11-22-12-10-15)23-13(2)19-14(3)24-20(25-19)16-7-5-6-8-17(16)21/h5-13,18,23H,4H2,1-3H3/t13-,18-/m1/s1. The lowest BCUT2D eigenvalue weighted by molar-refractivity contribution is 0.459.